The van der Waals surface area contributed by atoms with Crippen molar-refractivity contribution in [2.75, 3.05) is 13.3 Å². The first-order valence-corrected chi connectivity index (χ1v) is 9.21. The molecule has 0 saturated carbocycles. The van der Waals surface area contributed by atoms with E-state index in [1.54, 1.807) is 37.5 Å². The highest BCUT2D eigenvalue weighted by atomic mass is 19.1. The number of ether oxygens (including phenoxy) is 1. The van der Waals surface area contributed by atoms with Crippen LogP contribution in [0.4, 0.5) is 4.39 Å². The van der Waals surface area contributed by atoms with Crippen molar-refractivity contribution in [3.8, 4) is 5.75 Å². The van der Waals surface area contributed by atoms with Crippen molar-refractivity contribution < 1.29 is 23.8 Å². The minimum absolute atomic E-state index is 0.163. The summed E-state index contributed by atoms with van der Waals surface area (Å²) >= 11 is 0. The zero-order valence-electron chi connectivity index (χ0n) is 16.3. The highest BCUT2D eigenvalue weighted by Gasteiger charge is 2.38. The number of rotatable bonds is 9. The summed E-state index contributed by atoms with van der Waals surface area (Å²) in [5.74, 6) is -1.25. The van der Waals surface area contributed by atoms with Crippen molar-refractivity contribution in [1.29, 1.82) is 0 Å². The van der Waals surface area contributed by atoms with Crippen LogP contribution in [-0.4, -0.2) is 50.3 Å². The van der Waals surface area contributed by atoms with Crippen molar-refractivity contribution in [2.45, 2.75) is 25.5 Å². The van der Waals surface area contributed by atoms with Gasteiger partial charge in [-0.05, 0) is 25.1 Å². The first-order valence-electron chi connectivity index (χ1n) is 9.21. The number of hydrogen-bond acceptors (Lipinski definition) is 6. The molecule has 0 bridgehead atoms. The van der Waals surface area contributed by atoms with E-state index in [0.717, 1.165) is 5.69 Å². The first kappa shape index (κ1) is 21.2. The summed E-state index contributed by atoms with van der Waals surface area (Å²) in [7, 11) is 0. The Balaban J connectivity index is 1.90. The lowest BCUT2D eigenvalue weighted by molar-refractivity contribution is -0.126. The van der Waals surface area contributed by atoms with Crippen LogP contribution in [0.3, 0.4) is 0 Å². The molecule has 0 aromatic carbocycles. The second-order valence-electron chi connectivity index (χ2n) is 6.76. The van der Waals surface area contributed by atoms with Crippen LogP contribution in [0.15, 0.2) is 42.7 Å². The number of amides is 2. The van der Waals surface area contributed by atoms with Gasteiger partial charge in [0.15, 0.2) is 0 Å². The lowest BCUT2D eigenvalue weighted by Crippen LogP contribution is -2.60. The summed E-state index contributed by atoms with van der Waals surface area (Å²) in [4.78, 5) is 28.9. The number of nitrogens with one attached hydrogen (secondary N) is 1. The van der Waals surface area contributed by atoms with E-state index in [1.165, 1.54) is 4.52 Å². The highest BCUT2D eigenvalue weighted by molar-refractivity contribution is 6.04. The van der Waals surface area contributed by atoms with Crippen molar-refractivity contribution in [3.05, 3.63) is 59.7 Å². The van der Waals surface area contributed by atoms with Crippen LogP contribution in [-0.2, 0) is 11.4 Å². The second-order valence-corrected chi connectivity index (χ2v) is 6.76. The normalized spacial score (nSPS) is 13.0. The largest absolute Gasteiger partial charge is 0.487 e. The molecule has 3 heterocycles. The van der Waals surface area contributed by atoms with Crippen molar-refractivity contribution in [1.82, 2.24) is 19.9 Å². The van der Waals surface area contributed by atoms with Gasteiger partial charge in [-0.2, -0.15) is 5.10 Å². The third-order valence-electron chi connectivity index (χ3n) is 4.74. The van der Waals surface area contributed by atoms with Crippen LogP contribution in [0.25, 0.3) is 5.52 Å². The standard InChI is InChI=1S/C20H22FN5O4/c1-13-17(18(28)24-20(12-27,6-7-21)19(22)29)16-10-15(5-9-26(16)25-13)30-11-14-4-2-3-8-23-14/h2-5,8-10,27H,6-7,11-12H2,1H3,(H2,22,29)(H,24,28). The van der Waals surface area contributed by atoms with E-state index in [4.69, 9.17) is 10.5 Å². The molecule has 1 unspecified atom stereocenters. The van der Waals surface area contributed by atoms with Crippen LogP contribution in [0.2, 0.25) is 0 Å². The minimum atomic E-state index is -1.90. The van der Waals surface area contributed by atoms with E-state index in [-0.39, 0.29) is 12.2 Å². The molecule has 0 aliphatic rings. The number of aliphatic hydroxyl groups is 1. The Bertz CT molecular complexity index is 1060. The molecule has 0 spiro atoms. The molecule has 0 fully saturated rings. The van der Waals surface area contributed by atoms with E-state index in [9.17, 15) is 19.1 Å². The van der Waals surface area contributed by atoms with Gasteiger partial charge in [0.05, 0.1) is 35.7 Å². The topological polar surface area (TPSA) is 132 Å². The molecule has 0 saturated heterocycles. The predicted octanol–water partition coefficient (Wildman–Crippen LogP) is 0.923. The molecular weight excluding hydrogens is 393 g/mol. The third-order valence-corrected chi connectivity index (χ3v) is 4.74. The SMILES string of the molecule is Cc1nn2ccc(OCc3ccccn3)cc2c1C(=O)NC(CO)(CCF)C(N)=O. The molecule has 3 aromatic heterocycles. The summed E-state index contributed by atoms with van der Waals surface area (Å²) < 4.78 is 20.2. The Hall–Kier alpha value is -3.53. The molecule has 1 atom stereocenters. The van der Waals surface area contributed by atoms with Gasteiger partial charge in [-0.3, -0.25) is 19.0 Å². The molecule has 2 amide bonds. The molecule has 0 radical (unpaired) electrons. The molecule has 3 rings (SSSR count). The quantitative estimate of drug-likeness (QED) is 0.476. The minimum Gasteiger partial charge on any atom is -0.487 e. The molecule has 0 aliphatic heterocycles. The van der Waals surface area contributed by atoms with E-state index in [0.29, 0.717) is 17.0 Å². The van der Waals surface area contributed by atoms with Crippen LogP contribution in [0.1, 0.15) is 28.2 Å². The second kappa shape index (κ2) is 8.87. The van der Waals surface area contributed by atoms with Crippen LogP contribution < -0.4 is 15.8 Å². The smallest absolute Gasteiger partial charge is 0.256 e. The zero-order valence-corrected chi connectivity index (χ0v) is 16.3. The molecule has 10 heteroatoms. The summed E-state index contributed by atoms with van der Waals surface area (Å²) in [6, 6.07) is 8.79. The van der Waals surface area contributed by atoms with Crippen molar-refractivity contribution in [3.63, 3.8) is 0 Å². The molecule has 3 aromatic rings. The number of primary amides is 1. The van der Waals surface area contributed by atoms with Crippen molar-refractivity contribution in [2.24, 2.45) is 5.73 Å². The third kappa shape index (κ3) is 4.23. The number of alkyl halides is 1. The Labute approximate surface area is 171 Å². The van der Waals surface area contributed by atoms with E-state index >= 15 is 0 Å². The van der Waals surface area contributed by atoms with Crippen LogP contribution in [0, 0.1) is 6.92 Å². The average molecular weight is 415 g/mol. The number of carbonyl (C=O) groups is 2. The molecule has 30 heavy (non-hydrogen) atoms. The van der Waals surface area contributed by atoms with Crippen LogP contribution >= 0.6 is 0 Å². The fraction of sp³-hybridized carbons (Fsp3) is 0.300. The number of pyridine rings is 2. The first-order chi connectivity index (χ1) is 14.4. The van der Waals surface area contributed by atoms with E-state index < -0.39 is 37.1 Å². The van der Waals surface area contributed by atoms with Gasteiger partial charge in [-0.1, -0.05) is 6.07 Å². The average Bonchev–Trinajstić information content (AvgIpc) is 3.07. The lowest BCUT2D eigenvalue weighted by atomic mass is 9.95. The number of aryl methyl sites for hydroxylation is 1. The van der Waals surface area contributed by atoms with Gasteiger partial charge < -0.3 is 20.9 Å². The Morgan fingerprint density at radius 2 is 2.17 bits per heavy atom. The van der Waals surface area contributed by atoms with Gasteiger partial charge in [-0.25, -0.2) is 4.52 Å². The highest BCUT2D eigenvalue weighted by Crippen LogP contribution is 2.22. The number of halogens is 1. The Morgan fingerprint density at radius 1 is 1.37 bits per heavy atom. The maximum absolute atomic E-state index is 12.9. The van der Waals surface area contributed by atoms with Crippen molar-refractivity contribution >= 4 is 17.3 Å². The molecule has 4 N–H and O–H groups in total. The summed E-state index contributed by atoms with van der Waals surface area (Å²) in [5, 5.41) is 16.3. The summed E-state index contributed by atoms with van der Waals surface area (Å²) in [6.45, 7) is 0.0889. The fourth-order valence-corrected chi connectivity index (χ4v) is 3.04. The maximum Gasteiger partial charge on any atom is 0.256 e. The number of nitrogens with two attached hydrogens (primary N) is 1. The molecular formula is C20H22FN5O4. The lowest BCUT2D eigenvalue weighted by Gasteiger charge is -2.28. The van der Waals surface area contributed by atoms with Gasteiger partial charge in [0.1, 0.15) is 17.9 Å². The number of aromatic nitrogens is 3. The molecule has 9 nitrogen and oxygen atoms in total. The number of fused-ring (bicyclic) bond motifs is 1. The maximum atomic E-state index is 12.9. The Kier molecular flexibility index (Phi) is 6.26. The van der Waals surface area contributed by atoms with Crippen LogP contribution in [0.5, 0.6) is 5.75 Å². The van der Waals surface area contributed by atoms with E-state index in [2.05, 4.69) is 15.4 Å². The molecule has 158 valence electrons. The number of hydrogen-bond donors (Lipinski definition) is 3. The number of aliphatic hydroxyl groups excluding tert-OH is 1. The number of nitrogens with zero attached hydrogens (tertiary/aromatic N) is 3. The fourth-order valence-electron chi connectivity index (χ4n) is 3.04. The molecule has 0 aliphatic carbocycles. The van der Waals surface area contributed by atoms with Gasteiger partial charge >= 0.3 is 0 Å². The summed E-state index contributed by atoms with van der Waals surface area (Å²) in [5.41, 5.74) is 5.11. The summed E-state index contributed by atoms with van der Waals surface area (Å²) in [6.07, 6.45) is 2.84. The monoisotopic (exact) mass is 415 g/mol. The van der Waals surface area contributed by atoms with Gasteiger partial charge in [0.2, 0.25) is 5.91 Å². The van der Waals surface area contributed by atoms with Gasteiger partial charge in [0.25, 0.3) is 5.91 Å². The van der Waals surface area contributed by atoms with Gasteiger partial charge in [-0.15, -0.1) is 0 Å². The zero-order chi connectivity index (χ0) is 21.7. The van der Waals surface area contributed by atoms with Gasteiger partial charge in [0, 0.05) is 24.9 Å². The van der Waals surface area contributed by atoms with E-state index in [1.807, 2.05) is 12.1 Å². The Morgan fingerprint density at radius 3 is 2.80 bits per heavy atom. The predicted molar refractivity (Wildman–Crippen MR) is 106 cm³/mol. The number of carbonyl (C=O) groups excluding carboxylic acids is 2.